The largest absolute Gasteiger partial charge is 0.336 e. The third-order valence-electron chi connectivity index (χ3n) is 6.28. The van der Waals surface area contributed by atoms with Gasteiger partial charge in [0.2, 0.25) is 0 Å². The standard InChI is InChI=1S/C20H17N5O.C8H17N.C3H8.C2H6/c1-12-3-5-14(6-4-12)18-24-17-15(8-10-22-19(17)25-18)20(26)23-16-11-21-9-7-13(16)2;1-2-3-6-9-7-4-5-8-9;1-3-2;1-2/h3-11H,1-2H3,(H,23,26)(H,22,24,25);2-8H2,1H3;3H2,1-2H3;1-2H3. The maximum Gasteiger partial charge on any atom is 0.258 e. The number of nitrogens with zero attached hydrogens (tertiary/aromatic N) is 4. The number of amides is 1. The predicted molar refractivity (Wildman–Crippen MR) is 169 cm³/mol. The van der Waals surface area contributed by atoms with Crippen LogP contribution in [0.3, 0.4) is 0 Å². The highest BCUT2D eigenvalue weighted by atomic mass is 16.1. The van der Waals surface area contributed by atoms with Gasteiger partial charge < -0.3 is 15.2 Å². The SMILES string of the molecule is CC.CCC.CCCCN1CCCC1.Cc1ccc(-c2nc3nccc(C(=O)Nc4cnccc4C)c3[nH]2)cc1. The Bertz CT molecular complexity index is 1280. The van der Waals surface area contributed by atoms with Crippen LogP contribution < -0.4 is 5.32 Å². The number of H-pyrrole nitrogens is 1. The number of pyridine rings is 2. The highest BCUT2D eigenvalue weighted by molar-refractivity contribution is 6.11. The van der Waals surface area contributed by atoms with Crippen molar-refractivity contribution in [3.8, 4) is 11.4 Å². The average Bonchev–Trinajstić information content (AvgIpc) is 3.65. The maximum atomic E-state index is 12.8. The Morgan fingerprint density at radius 3 is 2.27 bits per heavy atom. The van der Waals surface area contributed by atoms with Gasteiger partial charge in [-0.25, -0.2) is 9.97 Å². The van der Waals surface area contributed by atoms with E-state index in [1.807, 2.05) is 58.0 Å². The molecule has 1 aliphatic rings. The number of aromatic nitrogens is 4. The Kier molecular flexibility index (Phi) is 14.6. The molecule has 7 heteroatoms. The van der Waals surface area contributed by atoms with E-state index in [4.69, 9.17) is 0 Å². The van der Waals surface area contributed by atoms with Crippen LogP contribution >= 0.6 is 0 Å². The van der Waals surface area contributed by atoms with E-state index < -0.39 is 0 Å². The summed E-state index contributed by atoms with van der Waals surface area (Å²) in [6.45, 7) is 18.5. The highest BCUT2D eigenvalue weighted by Crippen LogP contribution is 2.23. The number of unbranched alkanes of at least 4 members (excludes halogenated alkanes) is 1. The normalized spacial score (nSPS) is 12.4. The molecule has 2 N–H and O–H groups in total. The number of hydrogen-bond donors (Lipinski definition) is 2. The number of benzene rings is 1. The molecule has 1 aromatic carbocycles. The molecular weight excluding hydrogens is 496 g/mol. The zero-order chi connectivity index (χ0) is 29.3. The lowest BCUT2D eigenvalue weighted by molar-refractivity contribution is 0.102. The van der Waals surface area contributed by atoms with Crippen molar-refractivity contribution in [1.82, 2.24) is 24.8 Å². The molecule has 5 rings (SSSR count). The summed E-state index contributed by atoms with van der Waals surface area (Å²) in [7, 11) is 0. The van der Waals surface area contributed by atoms with Gasteiger partial charge >= 0.3 is 0 Å². The van der Waals surface area contributed by atoms with Gasteiger partial charge in [0, 0.05) is 18.0 Å². The van der Waals surface area contributed by atoms with Crippen LogP contribution in [-0.2, 0) is 0 Å². The number of aryl methyl sites for hydroxylation is 2. The van der Waals surface area contributed by atoms with Crippen molar-refractivity contribution in [3.63, 3.8) is 0 Å². The van der Waals surface area contributed by atoms with Gasteiger partial charge in [-0.05, 0) is 70.4 Å². The van der Waals surface area contributed by atoms with Crippen molar-refractivity contribution in [3.05, 3.63) is 71.7 Å². The van der Waals surface area contributed by atoms with E-state index in [1.54, 1.807) is 24.7 Å². The number of carbonyl (C=O) groups excluding carboxylic acids is 1. The quantitative estimate of drug-likeness (QED) is 0.255. The molecular formula is C33H48N6O. The number of anilines is 1. The van der Waals surface area contributed by atoms with Gasteiger partial charge in [0.1, 0.15) is 5.82 Å². The minimum absolute atomic E-state index is 0.229. The summed E-state index contributed by atoms with van der Waals surface area (Å²) < 4.78 is 0. The van der Waals surface area contributed by atoms with Crippen LogP contribution in [0.2, 0.25) is 0 Å². The van der Waals surface area contributed by atoms with Gasteiger partial charge in [-0.2, -0.15) is 0 Å². The summed E-state index contributed by atoms with van der Waals surface area (Å²) in [6.07, 6.45) is 11.8. The van der Waals surface area contributed by atoms with Crippen molar-refractivity contribution in [1.29, 1.82) is 0 Å². The van der Waals surface area contributed by atoms with Crippen LogP contribution in [0, 0.1) is 13.8 Å². The Balaban J connectivity index is 0.000000334. The lowest BCUT2D eigenvalue weighted by Gasteiger charge is -2.12. The molecule has 0 atom stereocenters. The molecule has 1 amide bonds. The van der Waals surface area contributed by atoms with E-state index in [9.17, 15) is 4.79 Å². The fraction of sp³-hybridized carbons (Fsp3) is 0.455. The summed E-state index contributed by atoms with van der Waals surface area (Å²) >= 11 is 0. The minimum Gasteiger partial charge on any atom is -0.336 e. The summed E-state index contributed by atoms with van der Waals surface area (Å²) in [5.41, 5.74) is 5.37. The van der Waals surface area contributed by atoms with Gasteiger partial charge in [0.05, 0.1) is 23.0 Å². The molecule has 0 radical (unpaired) electrons. The Labute approximate surface area is 240 Å². The smallest absolute Gasteiger partial charge is 0.258 e. The number of likely N-dealkylation sites (tertiary alicyclic amines) is 1. The maximum absolute atomic E-state index is 12.8. The number of imidazole rings is 1. The summed E-state index contributed by atoms with van der Waals surface area (Å²) in [5, 5.41) is 2.90. The van der Waals surface area contributed by atoms with Gasteiger partial charge in [0.15, 0.2) is 5.65 Å². The molecule has 0 unspecified atom stereocenters. The molecule has 0 spiro atoms. The first kappa shape index (κ1) is 32.6. The first-order valence-electron chi connectivity index (χ1n) is 14.8. The molecule has 40 heavy (non-hydrogen) atoms. The second-order valence-corrected chi connectivity index (χ2v) is 9.76. The van der Waals surface area contributed by atoms with E-state index >= 15 is 0 Å². The number of nitrogens with one attached hydrogen (secondary N) is 2. The molecule has 0 saturated carbocycles. The first-order chi connectivity index (χ1) is 19.5. The van der Waals surface area contributed by atoms with Gasteiger partial charge in [-0.3, -0.25) is 9.78 Å². The fourth-order valence-electron chi connectivity index (χ4n) is 4.12. The van der Waals surface area contributed by atoms with Gasteiger partial charge in [-0.1, -0.05) is 77.3 Å². The molecule has 3 aromatic heterocycles. The lowest BCUT2D eigenvalue weighted by atomic mass is 10.1. The van der Waals surface area contributed by atoms with Crippen molar-refractivity contribution < 1.29 is 4.79 Å². The summed E-state index contributed by atoms with van der Waals surface area (Å²) in [4.78, 5) is 31.4. The van der Waals surface area contributed by atoms with Crippen LogP contribution in [0.1, 0.15) is 88.2 Å². The number of carbonyl (C=O) groups is 1. The molecule has 4 aromatic rings. The van der Waals surface area contributed by atoms with Crippen LogP contribution in [0.15, 0.2) is 55.0 Å². The van der Waals surface area contributed by atoms with Crippen molar-refractivity contribution >= 4 is 22.8 Å². The lowest BCUT2D eigenvalue weighted by Crippen LogP contribution is -2.19. The Morgan fingerprint density at radius 2 is 1.65 bits per heavy atom. The van der Waals surface area contributed by atoms with E-state index in [1.165, 1.54) is 57.3 Å². The average molecular weight is 545 g/mol. The number of hydrogen-bond acceptors (Lipinski definition) is 5. The van der Waals surface area contributed by atoms with E-state index in [-0.39, 0.29) is 5.91 Å². The number of aromatic amines is 1. The fourth-order valence-corrected chi connectivity index (χ4v) is 4.12. The van der Waals surface area contributed by atoms with Gasteiger partial charge in [-0.15, -0.1) is 0 Å². The Hall–Kier alpha value is -3.58. The molecule has 1 fully saturated rings. The molecule has 1 aliphatic heterocycles. The Morgan fingerprint density at radius 1 is 0.975 bits per heavy atom. The van der Waals surface area contributed by atoms with E-state index in [0.29, 0.717) is 28.2 Å². The molecule has 1 saturated heterocycles. The van der Waals surface area contributed by atoms with E-state index in [2.05, 4.69) is 50.9 Å². The summed E-state index contributed by atoms with van der Waals surface area (Å²) in [6, 6.07) is 11.6. The topological polar surface area (TPSA) is 86.8 Å². The van der Waals surface area contributed by atoms with Crippen molar-refractivity contribution in [2.75, 3.05) is 25.0 Å². The predicted octanol–water partition coefficient (Wildman–Crippen LogP) is 8.21. The third-order valence-corrected chi connectivity index (χ3v) is 6.28. The first-order valence-corrected chi connectivity index (χ1v) is 14.8. The van der Waals surface area contributed by atoms with Crippen LogP contribution in [0.4, 0.5) is 5.69 Å². The molecule has 0 bridgehead atoms. The van der Waals surface area contributed by atoms with Gasteiger partial charge in [0.25, 0.3) is 5.91 Å². The van der Waals surface area contributed by atoms with E-state index in [0.717, 1.165) is 11.1 Å². The third kappa shape index (κ3) is 9.87. The number of rotatable bonds is 6. The minimum atomic E-state index is -0.229. The van der Waals surface area contributed by atoms with Crippen LogP contribution in [0.25, 0.3) is 22.6 Å². The monoisotopic (exact) mass is 544 g/mol. The molecule has 216 valence electrons. The summed E-state index contributed by atoms with van der Waals surface area (Å²) in [5.74, 6) is 0.456. The highest BCUT2D eigenvalue weighted by Gasteiger charge is 2.16. The molecule has 0 aliphatic carbocycles. The zero-order valence-electron chi connectivity index (χ0n) is 25.6. The van der Waals surface area contributed by atoms with Crippen molar-refractivity contribution in [2.45, 2.75) is 80.6 Å². The molecule has 4 heterocycles. The van der Waals surface area contributed by atoms with Crippen LogP contribution in [0.5, 0.6) is 0 Å². The molecule has 7 nitrogen and oxygen atoms in total. The van der Waals surface area contributed by atoms with Crippen molar-refractivity contribution in [2.24, 2.45) is 0 Å². The zero-order valence-corrected chi connectivity index (χ0v) is 25.6. The second kappa shape index (κ2) is 17.9. The van der Waals surface area contributed by atoms with Crippen LogP contribution in [-0.4, -0.2) is 50.4 Å². The second-order valence-electron chi connectivity index (χ2n) is 9.76. The number of fused-ring (bicyclic) bond motifs is 1.